The molecule has 0 aromatic heterocycles. The van der Waals surface area contributed by atoms with Crippen LogP contribution in [0.15, 0.2) is 0 Å². The summed E-state index contributed by atoms with van der Waals surface area (Å²) >= 11 is 1.83. The molecule has 0 fully saturated rings. The number of hydrogen-bond acceptors (Lipinski definition) is 3. The number of unbranched alkanes of at least 4 members (excludes halogenated alkanes) is 2. The van der Waals surface area contributed by atoms with E-state index in [2.05, 4.69) is 16.9 Å². The van der Waals surface area contributed by atoms with E-state index in [9.17, 15) is 9.59 Å². The average molecular weight is 262 g/mol. The van der Waals surface area contributed by atoms with Gasteiger partial charge in [-0.05, 0) is 31.3 Å². The summed E-state index contributed by atoms with van der Waals surface area (Å²) in [4.78, 5) is 21.4. The number of nitrogens with one attached hydrogen (secondary N) is 2. The fourth-order valence-corrected chi connectivity index (χ4v) is 1.75. The zero-order valence-electron chi connectivity index (χ0n) is 10.3. The van der Waals surface area contributed by atoms with Crippen molar-refractivity contribution in [2.24, 2.45) is 0 Å². The fourth-order valence-electron chi connectivity index (χ4n) is 1.25. The summed E-state index contributed by atoms with van der Waals surface area (Å²) in [7, 11) is 0. The molecule has 2 amide bonds. The number of aliphatic carboxylic acids is 1. The number of hydrogen-bond donors (Lipinski definition) is 3. The van der Waals surface area contributed by atoms with Gasteiger partial charge in [0.25, 0.3) is 0 Å². The lowest BCUT2D eigenvalue weighted by Crippen LogP contribution is -2.36. The van der Waals surface area contributed by atoms with E-state index in [1.165, 1.54) is 12.2 Å². The van der Waals surface area contributed by atoms with Gasteiger partial charge in [-0.3, -0.25) is 4.79 Å². The van der Waals surface area contributed by atoms with E-state index in [0.29, 0.717) is 19.5 Å². The highest BCUT2D eigenvalue weighted by Gasteiger charge is 2.00. The molecule has 0 unspecified atom stereocenters. The molecule has 3 N–H and O–H groups in total. The van der Waals surface area contributed by atoms with Crippen molar-refractivity contribution < 1.29 is 14.7 Å². The van der Waals surface area contributed by atoms with Crippen molar-refractivity contribution in [1.82, 2.24) is 10.6 Å². The molecule has 0 aromatic carbocycles. The largest absolute Gasteiger partial charge is 0.481 e. The number of carbonyl (C=O) groups is 2. The minimum atomic E-state index is -0.832. The Morgan fingerprint density at radius 3 is 2.29 bits per heavy atom. The van der Waals surface area contributed by atoms with Crippen LogP contribution in [-0.2, 0) is 4.79 Å². The van der Waals surface area contributed by atoms with E-state index < -0.39 is 5.97 Å². The maximum Gasteiger partial charge on any atom is 0.314 e. The molecule has 6 heteroatoms. The van der Waals surface area contributed by atoms with Gasteiger partial charge < -0.3 is 15.7 Å². The Hall–Kier alpha value is -0.910. The van der Waals surface area contributed by atoms with Crippen LogP contribution in [0.25, 0.3) is 0 Å². The van der Waals surface area contributed by atoms with Gasteiger partial charge in [-0.25, -0.2) is 4.79 Å². The van der Waals surface area contributed by atoms with E-state index >= 15 is 0 Å². The number of urea groups is 1. The van der Waals surface area contributed by atoms with Crippen LogP contribution in [-0.4, -0.2) is 42.2 Å². The van der Waals surface area contributed by atoms with Gasteiger partial charge in [0.2, 0.25) is 0 Å². The number of carbonyl (C=O) groups excluding carboxylic acids is 1. The van der Waals surface area contributed by atoms with Crippen LogP contribution in [0.2, 0.25) is 0 Å². The molecule has 100 valence electrons. The summed E-state index contributed by atoms with van der Waals surface area (Å²) in [6.45, 7) is 1.09. The van der Waals surface area contributed by atoms with Crippen molar-refractivity contribution in [2.75, 3.05) is 25.1 Å². The molecular weight excluding hydrogens is 240 g/mol. The fraction of sp³-hybridized carbons (Fsp3) is 0.818. The molecule has 0 aliphatic carbocycles. The lowest BCUT2D eigenvalue weighted by Gasteiger charge is -2.06. The van der Waals surface area contributed by atoms with Crippen molar-refractivity contribution in [2.45, 2.75) is 32.1 Å². The highest BCUT2D eigenvalue weighted by molar-refractivity contribution is 7.98. The van der Waals surface area contributed by atoms with Gasteiger partial charge in [-0.2, -0.15) is 11.8 Å². The van der Waals surface area contributed by atoms with Gasteiger partial charge in [-0.1, -0.05) is 6.42 Å². The maximum absolute atomic E-state index is 11.2. The second-order valence-corrected chi connectivity index (χ2v) is 4.72. The van der Waals surface area contributed by atoms with Crippen LogP contribution >= 0.6 is 11.8 Å². The first-order valence-electron chi connectivity index (χ1n) is 5.89. The standard InChI is InChI=1S/C11H22N2O3S/c1-17-9-4-2-3-7-12-11(16)13-8-5-6-10(14)15/h2-9H2,1H3,(H,14,15)(H2,12,13,16). The van der Waals surface area contributed by atoms with Crippen LogP contribution in [0.1, 0.15) is 32.1 Å². The third-order valence-electron chi connectivity index (χ3n) is 2.16. The van der Waals surface area contributed by atoms with Crippen molar-refractivity contribution in [3.63, 3.8) is 0 Å². The van der Waals surface area contributed by atoms with Gasteiger partial charge in [0, 0.05) is 19.5 Å². The summed E-state index contributed by atoms with van der Waals surface area (Å²) in [6.07, 6.45) is 5.95. The van der Waals surface area contributed by atoms with Gasteiger partial charge in [0.1, 0.15) is 0 Å². The smallest absolute Gasteiger partial charge is 0.314 e. The summed E-state index contributed by atoms with van der Waals surface area (Å²) in [6, 6.07) is -0.208. The van der Waals surface area contributed by atoms with Crippen LogP contribution in [0.4, 0.5) is 4.79 Å². The Bertz CT molecular complexity index is 225. The van der Waals surface area contributed by atoms with E-state index in [-0.39, 0.29) is 12.5 Å². The summed E-state index contributed by atoms with van der Waals surface area (Å²) in [5.74, 6) is 0.336. The molecule has 0 atom stereocenters. The third-order valence-corrected chi connectivity index (χ3v) is 2.86. The molecule has 0 heterocycles. The lowest BCUT2D eigenvalue weighted by atomic mass is 10.2. The van der Waals surface area contributed by atoms with Gasteiger partial charge in [-0.15, -0.1) is 0 Å². The molecule has 0 saturated carbocycles. The molecule has 0 aliphatic heterocycles. The molecule has 5 nitrogen and oxygen atoms in total. The number of carboxylic acid groups (broad SMARTS) is 1. The predicted octanol–water partition coefficient (Wildman–Crippen LogP) is 1.68. The van der Waals surface area contributed by atoms with Crippen molar-refractivity contribution in [1.29, 1.82) is 0 Å². The monoisotopic (exact) mass is 262 g/mol. The van der Waals surface area contributed by atoms with Crippen LogP contribution in [0.3, 0.4) is 0 Å². The Labute approximate surface area is 107 Å². The molecule has 0 rings (SSSR count). The molecule has 0 bridgehead atoms. The Kier molecular flexibility index (Phi) is 11.0. The second-order valence-electron chi connectivity index (χ2n) is 3.73. The number of carboxylic acids is 1. The topological polar surface area (TPSA) is 78.4 Å². The van der Waals surface area contributed by atoms with Crippen LogP contribution < -0.4 is 10.6 Å². The Balaban J connectivity index is 3.20. The predicted molar refractivity (Wildman–Crippen MR) is 70.5 cm³/mol. The number of rotatable bonds is 10. The number of amides is 2. The Morgan fingerprint density at radius 2 is 1.71 bits per heavy atom. The zero-order valence-corrected chi connectivity index (χ0v) is 11.1. The highest BCUT2D eigenvalue weighted by Crippen LogP contribution is 2.01. The molecule has 0 radical (unpaired) electrons. The number of thioether (sulfide) groups is 1. The zero-order chi connectivity index (χ0) is 12.9. The van der Waals surface area contributed by atoms with Crippen molar-refractivity contribution >= 4 is 23.8 Å². The Morgan fingerprint density at radius 1 is 1.06 bits per heavy atom. The van der Waals surface area contributed by atoms with Gasteiger partial charge in [0.05, 0.1) is 0 Å². The van der Waals surface area contributed by atoms with Crippen LogP contribution in [0.5, 0.6) is 0 Å². The molecule has 0 spiro atoms. The quantitative estimate of drug-likeness (QED) is 0.523. The van der Waals surface area contributed by atoms with E-state index in [4.69, 9.17) is 5.11 Å². The lowest BCUT2D eigenvalue weighted by molar-refractivity contribution is -0.137. The average Bonchev–Trinajstić information content (AvgIpc) is 2.29. The SMILES string of the molecule is CSCCCCCNC(=O)NCCCC(=O)O. The first kappa shape index (κ1) is 16.1. The van der Waals surface area contributed by atoms with Gasteiger partial charge in [0.15, 0.2) is 0 Å². The summed E-state index contributed by atoms with van der Waals surface area (Å²) < 4.78 is 0. The summed E-state index contributed by atoms with van der Waals surface area (Å²) in [5, 5.41) is 13.8. The molecular formula is C11H22N2O3S. The normalized spacial score (nSPS) is 9.94. The van der Waals surface area contributed by atoms with E-state index in [0.717, 1.165) is 12.8 Å². The molecule has 0 aliphatic rings. The minimum absolute atomic E-state index is 0.0922. The van der Waals surface area contributed by atoms with E-state index in [1.54, 1.807) is 0 Å². The van der Waals surface area contributed by atoms with E-state index in [1.807, 2.05) is 11.8 Å². The molecule has 17 heavy (non-hydrogen) atoms. The minimum Gasteiger partial charge on any atom is -0.481 e. The van der Waals surface area contributed by atoms with Gasteiger partial charge >= 0.3 is 12.0 Å². The summed E-state index contributed by atoms with van der Waals surface area (Å²) in [5.41, 5.74) is 0. The molecule has 0 saturated heterocycles. The van der Waals surface area contributed by atoms with Crippen molar-refractivity contribution in [3.05, 3.63) is 0 Å². The highest BCUT2D eigenvalue weighted by atomic mass is 32.2. The molecule has 0 aromatic rings. The first-order chi connectivity index (χ1) is 8.16. The van der Waals surface area contributed by atoms with Crippen molar-refractivity contribution in [3.8, 4) is 0 Å². The maximum atomic E-state index is 11.2. The third kappa shape index (κ3) is 13.0. The first-order valence-corrected chi connectivity index (χ1v) is 7.28. The second kappa shape index (κ2) is 11.6. The van der Waals surface area contributed by atoms with Crippen LogP contribution in [0, 0.1) is 0 Å².